The lowest BCUT2D eigenvalue weighted by atomic mass is 9.99. The smallest absolute Gasteiger partial charge is 0.0473 e. The van der Waals surface area contributed by atoms with E-state index in [9.17, 15) is 0 Å². The second-order valence-corrected chi connectivity index (χ2v) is 5.49. The number of likely N-dealkylation sites (N-methyl/N-ethyl adjacent to an activating group) is 1. The Bertz CT molecular complexity index is 341. The van der Waals surface area contributed by atoms with Crippen LogP contribution in [0.4, 0.5) is 0 Å². The number of hydrogen-bond donors (Lipinski definition) is 1. The Balaban J connectivity index is 2.88. The van der Waals surface area contributed by atoms with E-state index in [1.807, 2.05) is 11.8 Å². The molecule has 2 nitrogen and oxygen atoms in total. The van der Waals surface area contributed by atoms with Gasteiger partial charge in [-0.05, 0) is 38.3 Å². The second-order valence-electron chi connectivity index (χ2n) is 4.58. The number of nitrogens with two attached hydrogens (primary N) is 1. The molecule has 96 valence electrons. The zero-order chi connectivity index (χ0) is 12.8. The minimum atomic E-state index is 0.318. The molecule has 2 unspecified atom stereocenters. The Morgan fingerprint density at radius 1 is 1.35 bits per heavy atom. The van der Waals surface area contributed by atoms with Gasteiger partial charge in [0, 0.05) is 24.4 Å². The maximum absolute atomic E-state index is 5.96. The molecule has 0 aromatic heterocycles. The van der Waals surface area contributed by atoms with Crippen molar-refractivity contribution in [3.8, 4) is 0 Å². The van der Waals surface area contributed by atoms with E-state index in [0.29, 0.717) is 18.6 Å². The maximum Gasteiger partial charge on any atom is 0.0473 e. The fourth-order valence-electron chi connectivity index (χ4n) is 2.14. The molecule has 1 aromatic carbocycles. The number of thioether (sulfide) groups is 1. The van der Waals surface area contributed by atoms with E-state index in [0.717, 1.165) is 5.75 Å². The monoisotopic (exact) mass is 252 g/mol. The minimum Gasteiger partial charge on any atom is -0.329 e. The normalized spacial score (nSPS) is 14.9. The molecule has 0 aliphatic carbocycles. The summed E-state index contributed by atoms with van der Waals surface area (Å²) in [5, 5.41) is 0. The highest BCUT2D eigenvalue weighted by molar-refractivity contribution is 7.98. The molecular formula is C14H24N2S. The number of hydrogen-bond acceptors (Lipinski definition) is 3. The van der Waals surface area contributed by atoms with Crippen molar-refractivity contribution in [2.24, 2.45) is 5.73 Å². The summed E-state index contributed by atoms with van der Waals surface area (Å²) in [4.78, 5) is 2.39. The summed E-state index contributed by atoms with van der Waals surface area (Å²) in [7, 11) is 2.17. The van der Waals surface area contributed by atoms with Crippen LogP contribution in [0.2, 0.25) is 0 Å². The first-order chi connectivity index (χ1) is 8.11. The van der Waals surface area contributed by atoms with E-state index in [1.165, 1.54) is 11.1 Å². The fraction of sp³-hybridized carbons (Fsp3) is 0.571. The van der Waals surface area contributed by atoms with Crippen LogP contribution in [0.1, 0.15) is 24.1 Å². The van der Waals surface area contributed by atoms with E-state index in [4.69, 9.17) is 5.73 Å². The first-order valence-electron chi connectivity index (χ1n) is 6.08. The number of nitrogens with zero attached hydrogens (tertiary/aromatic N) is 1. The van der Waals surface area contributed by atoms with Gasteiger partial charge >= 0.3 is 0 Å². The largest absolute Gasteiger partial charge is 0.329 e. The molecule has 17 heavy (non-hydrogen) atoms. The van der Waals surface area contributed by atoms with Crippen molar-refractivity contribution in [3.05, 3.63) is 35.4 Å². The van der Waals surface area contributed by atoms with Crippen LogP contribution < -0.4 is 5.73 Å². The van der Waals surface area contributed by atoms with Gasteiger partial charge in [0.15, 0.2) is 0 Å². The molecule has 0 amide bonds. The molecule has 3 heteroatoms. The van der Waals surface area contributed by atoms with Crippen LogP contribution in [0.15, 0.2) is 24.3 Å². The van der Waals surface area contributed by atoms with Gasteiger partial charge in [-0.15, -0.1) is 0 Å². The third-order valence-electron chi connectivity index (χ3n) is 3.37. The van der Waals surface area contributed by atoms with Crippen LogP contribution in [-0.2, 0) is 0 Å². The summed E-state index contributed by atoms with van der Waals surface area (Å²) in [5.74, 6) is 1.14. The van der Waals surface area contributed by atoms with Gasteiger partial charge in [0.1, 0.15) is 0 Å². The molecule has 0 saturated heterocycles. The van der Waals surface area contributed by atoms with Gasteiger partial charge in [-0.25, -0.2) is 0 Å². The lowest BCUT2D eigenvalue weighted by molar-refractivity contribution is 0.203. The standard InChI is InChI=1S/C14H24N2S/c1-11-7-5-6-8-13(11)14(9-15)16(3)12(2)10-17-4/h5-8,12,14H,9-10,15H2,1-4H3. The molecular weight excluding hydrogens is 228 g/mol. The van der Waals surface area contributed by atoms with Crippen molar-refractivity contribution in [3.63, 3.8) is 0 Å². The Labute approximate surface area is 110 Å². The van der Waals surface area contributed by atoms with Crippen LogP contribution in [0.5, 0.6) is 0 Å². The average Bonchev–Trinajstić information content (AvgIpc) is 2.32. The summed E-state index contributed by atoms with van der Waals surface area (Å²) < 4.78 is 0. The average molecular weight is 252 g/mol. The summed E-state index contributed by atoms with van der Waals surface area (Å²) in [5.41, 5.74) is 8.64. The highest BCUT2D eigenvalue weighted by Crippen LogP contribution is 2.24. The lowest BCUT2D eigenvalue weighted by Crippen LogP contribution is -2.38. The Morgan fingerprint density at radius 3 is 2.53 bits per heavy atom. The lowest BCUT2D eigenvalue weighted by Gasteiger charge is -2.33. The zero-order valence-electron chi connectivity index (χ0n) is 11.3. The highest BCUT2D eigenvalue weighted by Gasteiger charge is 2.20. The van der Waals surface area contributed by atoms with Gasteiger partial charge in [-0.2, -0.15) is 11.8 Å². The third-order valence-corrected chi connectivity index (χ3v) is 4.18. The van der Waals surface area contributed by atoms with Crippen molar-refractivity contribution in [1.82, 2.24) is 4.90 Å². The van der Waals surface area contributed by atoms with Crippen molar-refractivity contribution < 1.29 is 0 Å². The Morgan fingerprint density at radius 2 is 2.00 bits per heavy atom. The summed E-state index contributed by atoms with van der Waals surface area (Å²) in [6.45, 7) is 5.09. The van der Waals surface area contributed by atoms with Crippen LogP contribution in [0.3, 0.4) is 0 Å². The Kier molecular flexibility index (Phi) is 6.03. The second kappa shape index (κ2) is 7.04. The minimum absolute atomic E-state index is 0.318. The summed E-state index contributed by atoms with van der Waals surface area (Å²) >= 11 is 1.88. The van der Waals surface area contributed by atoms with Crippen molar-refractivity contribution in [1.29, 1.82) is 0 Å². The molecule has 2 N–H and O–H groups in total. The van der Waals surface area contributed by atoms with Gasteiger partial charge in [0.2, 0.25) is 0 Å². The van der Waals surface area contributed by atoms with Crippen molar-refractivity contribution in [2.75, 3.05) is 25.6 Å². The molecule has 1 aromatic rings. The van der Waals surface area contributed by atoms with Gasteiger partial charge in [0.25, 0.3) is 0 Å². The van der Waals surface area contributed by atoms with Crippen LogP contribution in [0.25, 0.3) is 0 Å². The van der Waals surface area contributed by atoms with Gasteiger partial charge in [0.05, 0.1) is 0 Å². The first kappa shape index (κ1) is 14.6. The molecule has 0 bridgehead atoms. The van der Waals surface area contributed by atoms with Gasteiger partial charge in [-0.1, -0.05) is 24.3 Å². The predicted molar refractivity (Wildman–Crippen MR) is 78.6 cm³/mol. The molecule has 0 aliphatic heterocycles. The number of rotatable bonds is 6. The molecule has 0 aliphatic rings. The quantitative estimate of drug-likeness (QED) is 0.844. The van der Waals surface area contributed by atoms with Crippen LogP contribution >= 0.6 is 11.8 Å². The van der Waals surface area contributed by atoms with E-state index in [-0.39, 0.29) is 0 Å². The van der Waals surface area contributed by atoms with Crippen molar-refractivity contribution in [2.45, 2.75) is 25.9 Å². The SMILES string of the molecule is CSCC(C)N(C)C(CN)c1ccccc1C. The van der Waals surface area contributed by atoms with Gasteiger partial charge in [-0.3, -0.25) is 4.90 Å². The van der Waals surface area contributed by atoms with Crippen molar-refractivity contribution >= 4 is 11.8 Å². The first-order valence-corrected chi connectivity index (χ1v) is 7.47. The number of aryl methyl sites for hydroxylation is 1. The van der Waals surface area contributed by atoms with Gasteiger partial charge < -0.3 is 5.73 Å². The highest BCUT2D eigenvalue weighted by atomic mass is 32.2. The molecule has 1 rings (SSSR count). The molecule has 0 radical (unpaired) electrons. The van der Waals surface area contributed by atoms with E-state index < -0.39 is 0 Å². The maximum atomic E-state index is 5.96. The van der Waals surface area contributed by atoms with Crippen LogP contribution in [-0.4, -0.2) is 36.5 Å². The van der Waals surface area contributed by atoms with E-state index in [2.05, 4.69) is 56.3 Å². The molecule has 0 saturated carbocycles. The third kappa shape index (κ3) is 3.73. The zero-order valence-corrected chi connectivity index (χ0v) is 12.1. The number of benzene rings is 1. The predicted octanol–water partition coefficient (Wildman–Crippen LogP) is 2.68. The van der Waals surface area contributed by atoms with Crippen LogP contribution in [0, 0.1) is 6.92 Å². The molecule has 0 fully saturated rings. The van der Waals surface area contributed by atoms with E-state index in [1.54, 1.807) is 0 Å². The topological polar surface area (TPSA) is 29.3 Å². The Hall–Kier alpha value is -0.510. The molecule has 0 heterocycles. The molecule has 0 spiro atoms. The fourth-order valence-corrected chi connectivity index (χ4v) is 2.86. The summed E-state index contributed by atoms with van der Waals surface area (Å²) in [6, 6.07) is 9.38. The van der Waals surface area contributed by atoms with E-state index >= 15 is 0 Å². The molecule has 2 atom stereocenters. The summed E-state index contributed by atoms with van der Waals surface area (Å²) in [6.07, 6.45) is 2.15.